The van der Waals surface area contributed by atoms with Crippen LogP contribution in [0.1, 0.15) is 24.0 Å². The minimum absolute atomic E-state index is 0.483. The number of halogens is 1. The van der Waals surface area contributed by atoms with Crippen LogP contribution in [0, 0.1) is 0 Å². The van der Waals surface area contributed by atoms with E-state index >= 15 is 0 Å². The van der Waals surface area contributed by atoms with Crippen LogP contribution in [-0.4, -0.2) is 24.7 Å². The van der Waals surface area contributed by atoms with Crippen molar-refractivity contribution in [3.8, 4) is 5.75 Å². The minimum atomic E-state index is 0.483. The maximum absolute atomic E-state index is 5.84. The number of thiazole rings is 1. The Hall–Kier alpha value is -1.14. The van der Waals surface area contributed by atoms with Gasteiger partial charge in [-0.25, -0.2) is 4.98 Å². The molecule has 0 saturated heterocycles. The van der Waals surface area contributed by atoms with Gasteiger partial charge in [-0.15, -0.1) is 11.3 Å². The highest BCUT2D eigenvalue weighted by Gasteiger charge is 2.03. The predicted molar refractivity (Wildman–Crippen MR) is 90.7 cm³/mol. The van der Waals surface area contributed by atoms with Gasteiger partial charge in [0.2, 0.25) is 0 Å². The lowest BCUT2D eigenvalue weighted by molar-refractivity contribution is 0.144. The molecule has 6 heteroatoms. The molecule has 0 saturated carbocycles. The first-order chi connectivity index (χ1) is 10.8. The van der Waals surface area contributed by atoms with Gasteiger partial charge in [0, 0.05) is 30.2 Å². The molecule has 0 aliphatic carbocycles. The lowest BCUT2D eigenvalue weighted by Crippen LogP contribution is -2.16. The topological polar surface area (TPSA) is 43.4 Å². The van der Waals surface area contributed by atoms with Crippen LogP contribution in [0.25, 0.3) is 0 Å². The third-order valence-corrected chi connectivity index (χ3v) is 4.05. The summed E-state index contributed by atoms with van der Waals surface area (Å²) < 4.78 is 11.0. The summed E-state index contributed by atoms with van der Waals surface area (Å²) in [5.41, 5.74) is 1.05. The Morgan fingerprint density at radius 1 is 1.27 bits per heavy atom. The number of hydrogen-bond donors (Lipinski definition) is 1. The molecule has 1 N–H and O–H groups in total. The van der Waals surface area contributed by atoms with Crippen LogP contribution in [0.2, 0.25) is 5.02 Å². The molecule has 0 spiro atoms. The Morgan fingerprint density at radius 2 is 2.09 bits per heavy atom. The average Bonchev–Trinajstić information content (AvgIpc) is 2.98. The SMILES string of the molecule is CCOCCCNCc1csc(COc2ccc(Cl)cc2)n1. The van der Waals surface area contributed by atoms with Gasteiger partial charge in [-0.3, -0.25) is 0 Å². The van der Waals surface area contributed by atoms with Gasteiger partial charge in [0.15, 0.2) is 0 Å². The maximum atomic E-state index is 5.84. The summed E-state index contributed by atoms with van der Waals surface area (Å²) in [5.74, 6) is 0.801. The van der Waals surface area contributed by atoms with E-state index in [2.05, 4.69) is 15.7 Å². The molecule has 120 valence electrons. The van der Waals surface area contributed by atoms with Crippen molar-refractivity contribution in [2.75, 3.05) is 19.8 Å². The second kappa shape index (κ2) is 9.79. The van der Waals surface area contributed by atoms with Crippen molar-refractivity contribution in [3.63, 3.8) is 0 Å². The summed E-state index contributed by atoms with van der Waals surface area (Å²) in [6.07, 6.45) is 1.02. The van der Waals surface area contributed by atoms with E-state index in [4.69, 9.17) is 21.1 Å². The van der Waals surface area contributed by atoms with E-state index in [1.54, 1.807) is 11.3 Å². The molecule has 0 aliphatic heterocycles. The van der Waals surface area contributed by atoms with Gasteiger partial charge >= 0.3 is 0 Å². The summed E-state index contributed by atoms with van der Waals surface area (Å²) in [5, 5.41) is 7.11. The number of nitrogens with one attached hydrogen (secondary N) is 1. The van der Waals surface area contributed by atoms with Crippen LogP contribution in [0.15, 0.2) is 29.6 Å². The molecule has 2 rings (SSSR count). The molecule has 2 aromatic rings. The summed E-state index contributed by atoms with van der Waals surface area (Å²) in [6.45, 7) is 5.80. The van der Waals surface area contributed by atoms with Crippen molar-refractivity contribution < 1.29 is 9.47 Å². The fourth-order valence-electron chi connectivity index (χ4n) is 1.83. The molecule has 0 aliphatic rings. The van der Waals surface area contributed by atoms with E-state index < -0.39 is 0 Å². The zero-order chi connectivity index (χ0) is 15.6. The highest BCUT2D eigenvalue weighted by atomic mass is 35.5. The molecule has 0 fully saturated rings. The Balaban J connectivity index is 1.66. The van der Waals surface area contributed by atoms with E-state index in [1.165, 1.54) is 0 Å². The van der Waals surface area contributed by atoms with Crippen molar-refractivity contribution >= 4 is 22.9 Å². The molecule has 1 heterocycles. The number of ether oxygens (including phenoxy) is 2. The molecule has 0 amide bonds. The van der Waals surface area contributed by atoms with Crippen LogP contribution < -0.4 is 10.1 Å². The molecule has 0 bridgehead atoms. The third kappa shape index (κ3) is 6.32. The van der Waals surface area contributed by atoms with Crippen LogP contribution in [0.3, 0.4) is 0 Å². The van der Waals surface area contributed by atoms with Gasteiger partial charge in [0.25, 0.3) is 0 Å². The number of rotatable bonds is 10. The largest absolute Gasteiger partial charge is 0.486 e. The number of aromatic nitrogens is 1. The van der Waals surface area contributed by atoms with Crippen LogP contribution in [-0.2, 0) is 17.9 Å². The molecule has 4 nitrogen and oxygen atoms in total. The summed E-state index contributed by atoms with van der Waals surface area (Å²) >= 11 is 7.46. The second-order valence-corrected chi connectivity index (χ2v) is 6.08. The molecular formula is C16H21ClN2O2S. The van der Waals surface area contributed by atoms with Crippen molar-refractivity contribution in [2.45, 2.75) is 26.5 Å². The zero-order valence-corrected chi connectivity index (χ0v) is 14.3. The smallest absolute Gasteiger partial charge is 0.140 e. The Morgan fingerprint density at radius 3 is 2.86 bits per heavy atom. The summed E-state index contributed by atoms with van der Waals surface area (Å²) in [6, 6.07) is 7.35. The molecule has 22 heavy (non-hydrogen) atoms. The molecule has 1 aromatic carbocycles. The van der Waals surface area contributed by atoms with Crippen molar-refractivity contribution in [2.24, 2.45) is 0 Å². The van der Waals surface area contributed by atoms with Crippen LogP contribution in [0.4, 0.5) is 0 Å². The van der Waals surface area contributed by atoms with Crippen LogP contribution >= 0.6 is 22.9 Å². The van der Waals surface area contributed by atoms with Crippen molar-refractivity contribution in [1.29, 1.82) is 0 Å². The van der Waals surface area contributed by atoms with E-state index in [9.17, 15) is 0 Å². The average molecular weight is 341 g/mol. The summed E-state index contributed by atoms with van der Waals surface area (Å²) in [4.78, 5) is 4.55. The van der Waals surface area contributed by atoms with E-state index in [1.807, 2.05) is 31.2 Å². The van der Waals surface area contributed by atoms with E-state index in [0.29, 0.717) is 11.6 Å². The van der Waals surface area contributed by atoms with Crippen LogP contribution in [0.5, 0.6) is 5.75 Å². The highest BCUT2D eigenvalue weighted by Crippen LogP contribution is 2.18. The normalized spacial score (nSPS) is 10.8. The lowest BCUT2D eigenvalue weighted by Gasteiger charge is -2.04. The van der Waals surface area contributed by atoms with Gasteiger partial charge in [-0.05, 0) is 44.2 Å². The van der Waals surface area contributed by atoms with Crippen molar-refractivity contribution in [3.05, 3.63) is 45.4 Å². The van der Waals surface area contributed by atoms with Gasteiger partial charge in [-0.1, -0.05) is 11.6 Å². The maximum Gasteiger partial charge on any atom is 0.140 e. The first-order valence-corrected chi connectivity index (χ1v) is 8.64. The predicted octanol–water partition coefficient (Wildman–Crippen LogP) is 3.89. The zero-order valence-electron chi connectivity index (χ0n) is 12.7. The number of hydrogen-bond acceptors (Lipinski definition) is 5. The third-order valence-electron chi connectivity index (χ3n) is 2.93. The molecular weight excluding hydrogens is 320 g/mol. The molecule has 0 radical (unpaired) electrons. The van der Waals surface area contributed by atoms with E-state index in [-0.39, 0.29) is 0 Å². The monoisotopic (exact) mass is 340 g/mol. The first kappa shape index (κ1) is 17.2. The Kier molecular flexibility index (Phi) is 7.66. The molecule has 0 unspecified atom stereocenters. The Bertz CT molecular complexity index is 545. The van der Waals surface area contributed by atoms with Gasteiger partial charge in [-0.2, -0.15) is 0 Å². The quantitative estimate of drug-likeness (QED) is 0.666. The standard InChI is InChI=1S/C16H21ClN2O2S/c1-2-20-9-3-8-18-10-14-12-22-16(19-14)11-21-15-6-4-13(17)5-7-15/h4-7,12,18H,2-3,8-11H2,1H3. The number of nitrogens with zero attached hydrogens (tertiary/aromatic N) is 1. The van der Waals surface area contributed by atoms with E-state index in [0.717, 1.165) is 49.2 Å². The van der Waals surface area contributed by atoms with Gasteiger partial charge < -0.3 is 14.8 Å². The molecule has 0 atom stereocenters. The first-order valence-electron chi connectivity index (χ1n) is 7.38. The summed E-state index contributed by atoms with van der Waals surface area (Å²) in [7, 11) is 0. The van der Waals surface area contributed by atoms with Gasteiger partial charge in [0.1, 0.15) is 17.4 Å². The highest BCUT2D eigenvalue weighted by molar-refractivity contribution is 7.09. The molecule has 1 aromatic heterocycles. The van der Waals surface area contributed by atoms with Gasteiger partial charge in [0.05, 0.1) is 5.69 Å². The fourth-order valence-corrected chi connectivity index (χ4v) is 2.66. The number of benzene rings is 1. The fraction of sp³-hybridized carbons (Fsp3) is 0.438. The lowest BCUT2D eigenvalue weighted by atomic mass is 10.3. The minimum Gasteiger partial charge on any atom is -0.486 e. The Labute approximate surface area is 140 Å². The van der Waals surface area contributed by atoms with Crippen molar-refractivity contribution in [1.82, 2.24) is 10.3 Å². The second-order valence-electron chi connectivity index (χ2n) is 4.70.